The summed E-state index contributed by atoms with van der Waals surface area (Å²) in [4.78, 5) is 12.6. The Morgan fingerprint density at radius 1 is 1.12 bits per heavy atom. The molecule has 3 aliphatic rings. The van der Waals surface area contributed by atoms with Gasteiger partial charge in [0.2, 0.25) is 0 Å². The first-order valence-corrected chi connectivity index (χ1v) is 9.34. The van der Waals surface area contributed by atoms with E-state index in [4.69, 9.17) is 11.6 Å². The molecule has 0 bridgehead atoms. The summed E-state index contributed by atoms with van der Waals surface area (Å²) >= 11 is 6.04. The van der Waals surface area contributed by atoms with E-state index < -0.39 is 0 Å². The molecule has 1 amide bonds. The van der Waals surface area contributed by atoms with Gasteiger partial charge in [0.1, 0.15) is 6.17 Å². The molecule has 3 unspecified atom stereocenters. The van der Waals surface area contributed by atoms with E-state index in [1.807, 2.05) is 12.1 Å². The molecule has 5 heteroatoms. The molecule has 2 N–H and O–H groups in total. The highest BCUT2D eigenvalue weighted by Gasteiger charge is 2.45. The van der Waals surface area contributed by atoms with Gasteiger partial charge in [-0.2, -0.15) is 0 Å². The molecule has 2 heterocycles. The molecule has 1 aromatic carbocycles. The molecule has 2 fully saturated rings. The summed E-state index contributed by atoms with van der Waals surface area (Å²) in [5.41, 5.74) is 5.68. The summed E-state index contributed by atoms with van der Waals surface area (Å²) in [5.74, 6) is 0.785. The molecule has 1 saturated heterocycles. The molecule has 2 aliphatic heterocycles. The van der Waals surface area contributed by atoms with Crippen molar-refractivity contribution in [1.29, 1.82) is 0 Å². The summed E-state index contributed by atoms with van der Waals surface area (Å²) in [7, 11) is 0. The maximum Gasteiger partial charge on any atom is 0.264 e. The monoisotopic (exact) mass is 345 g/mol. The van der Waals surface area contributed by atoms with E-state index in [9.17, 15) is 4.79 Å². The number of hydrogen-bond acceptors (Lipinski definition) is 3. The third kappa shape index (κ3) is 2.82. The van der Waals surface area contributed by atoms with E-state index in [1.54, 1.807) is 11.1 Å². The summed E-state index contributed by atoms with van der Waals surface area (Å²) in [6.45, 7) is 2.13. The fourth-order valence-electron chi connectivity index (χ4n) is 4.39. The van der Waals surface area contributed by atoms with Gasteiger partial charge in [0, 0.05) is 28.8 Å². The smallest absolute Gasteiger partial charge is 0.264 e. The van der Waals surface area contributed by atoms with Crippen LogP contribution in [0.15, 0.2) is 36.0 Å². The fraction of sp³-hybridized carbons (Fsp3) is 0.526. The highest BCUT2D eigenvalue weighted by molar-refractivity contribution is 6.30. The summed E-state index contributed by atoms with van der Waals surface area (Å²) in [5, 5.41) is 6.18. The lowest BCUT2D eigenvalue weighted by Gasteiger charge is -2.36. The molecule has 4 nitrogen and oxygen atoms in total. The molecule has 24 heavy (non-hydrogen) atoms. The van der Waals surface area contributed by atoms with Gasteiger partial charge in [-0.05, 0) is 43.4 Å². The number of nitrogens with zero attached hydrogens (tertiary/aromatic N) is 1. The van der Waals surface area contributed by atoms with Crippen LogP contribution in [0.1, 0.15) is 50.5 Å². The number of allylic oxidation sites excluding steroid dienone is 1. The Kier molecular flexibility index (Phi) is 4.27. The fourth-order valence-corrected chi connectivity index (χ4v) is 4.52. The van der Waals surface area contributed by atoms with E-state index in [-0.39, 0.29) is 24.0 Å². The molecule has 3 atom stereocenters. The van der Waals surface area contributed by atoms with Gasteiger partial charge in [0.25, 0.3) is 5.91 Å². The number of nitrogens with one attached hydrogen (secondary N) is 2. The Morgan fingerprint density at radius 2 is 1.83 bits per heavy atom. The third-order valence-corrected chi connectivity index (χ3v) is 5.88. The minimum absolute atomic E-state index is 0.0318. The van der Waals surface area contributed by atoms with Crippen molar-refractivity contribution in [2.75, 3.05) is 0 Å². The zero-order valence-corrected chi connectivity index (χ0v) is 14.7. The number of hydrazine groups is 1. The van der Waals surface area contributed by atoms with E-state index in [2.05, 4.69) is 29.8 Å². The van der Waals surface area contributed by atoms with Crippen molar-refractivity contribution >= 4 is 17.5 Å². The van der Waals surface area contributed by atoms with E-state index in [0.29, 0.717) is 5.92 Å². The highest BCUT2D eigenvalue weighted by atomic mass is 35.5. The quantitative estimate of drug-likeness (QED) is 0.861. The van der Waals surface area contributed by atoms with Crippen LogP contribution < -0.4 is 10.7 Å². The van der Waals surface area contributed by atoms with Crippen LogP contribution >= 0.6 is 11.6 Å². The Morgan fingerprint density at radius 3 is 2.54 bits per heavy atom. The van der Waals surface area contributed by atoms with Gasteiger partial charge < -0.3 is 5.32 Å². The second-order valence-corrected chi connectivity index (χ2v) is 7.66. The Bertz CT molecular complexity index is 651. The van der Waals surface area contributed by atoms with Crippen LogP contribution in [0.3, 0.4) is 0 Å². The first-order valence-electron chi connectivity index (χ1n) is 8.96. The van der Waals surface area contributed by atoms with Crippen LogP contribution in [-0.2, 0) is 4.79 Å². The van der Waals surface area contributed by atoms with E-state index in [0.717, 1.165) is 10.7 Å². The number of halogens is 1. The second-order valence-electron chi connectivity index (χ2n) is 7.23. The van der Waals surface area contributed by atoms with Gasteiger partial charge >= 0.3 is 0 Å². The average molecular weight is 346 g/mol. The number of amides is 1. The predicted molar refractivity (Wildman–Crippen MR) is 95.2 cm³/mol. The van der Waals surface area contributed by atoms with Crippen LogP contribution in [0.2, 0.25) is 5.02 Å². The van der Waals surface area contributed by atoms with Crippen molar-refractivity contribution < 1.29 is 4.79 Å². The second kappa shape index (κ2) is 6.41. The molecule has 1 aliphatic carbocycles. The zero-order valence-electron chi connectivity index (χ0n) is 14.0. The molecule has 4 rings (SSSR count). The van der Waals surface area contributed by atoms with Crippen molar-refractivity contribution in [3.05, 3.63) is 46.6 Å². The molecule has 1 aromatic rings. The Hall–Kier alpha value is -1.52. The minimum Gasteiger partial charge on any atom is -0.366 e. The third-order valence-electron chi connectivity index (χ3n) is 5.63. The zero-order chi connectivity index (χ0) is 16.7. The predicted octanol–water partition coefficient (Wildman–Crippen LogP) is 3.55. The number of carbonyl (C=O) groups is 1. The number of carbonyl (C=O) groups excluding carboxylic acids is 1. The summed E-state index contributed by atoms with van der Waals surface area (Å²) in [6, 6.07) is 8.18. The molecular formula is C19H24ClN3O. The highest BCUT2D eigenvalue weighted by Crippen LogP contribution is 2.37. The van der Waals surface area contributed by atoms with Gasteiger partial charge in [-0.3, -0.25) is 9.80 Å². The number of fused-ring (bicyclic) bond motifs is 1. The lowest BCUT2D eigenvalue weighted by atomic mass is 9.84. The number of rotatable bonds is 2. The van der Waals surface area contributed by atoms with Crippen molar-refractivity contribution in [2.24, 2.45) is 5.92 Å². The minimum atomic E-state index is -0.0318. The van der Waals surface area contributed by atoms with Gasteiger partial charge in [-0.25, -0.2) is 5.43 Å². The molecule has 1 saturated carbocycles. The maximum absolute atomic E-state index is 12.6. The standard InChI is InChI=1S/C19H24ClN3O/c1-12-18(14-7-9-15(20)10-8-14)19-21-16(11-17(24)23(19)22-12)13-5-3-2-4-6-13/h7-13,18-19,21-22H,2-6H2,1H3. The normalized spacial score (nSPS) is 30.8. The van der Waals surface area contributed by atoms with E-state index in [1.165, 1.54) is 37.7 Å². The van der Waals surface area contributed by atoms with Crippen molar-refractivity contribution in [3.8, 4) is 0 Å². The first-order chi connectivity index (χ1) is 11.6. The number of benzene rings is 1. The Labute approximate surface area is 148 Å². The van der Waals surface area contributed by atoms with Crippen LogP contribution in [-0.4, -0.2) is 23.1 Å². The van der Waals surface area contributed by atoms with Gasteiger partial charge in [-0.15, -0.1) is 0 Å². The lowest BCUT2D eigenvalue weighted by molar-refractivity contribution is -0.131. The van der Waals surface area contributed by atoms with Crippen LogP contribution in [0.4, 0.5) is 0 Å². The Balaban J connectivity index is 1.61. The molecular weight excluding hydrogens is 322 g/mol. The van der Waals surface area contributed by atoms with Crippen LogP contribution in [0.25, 0.3) is 0 Å². The van der Waals surface area contributed by atoms with Gasteiger partial charge in [0.15, 0.2) is 0 Å². The number of hydrogen-bond donors (Lipinski definition) is 2. The van der Waals surface area contributed by atoms with Crippen LogP contribution in [0.5, 0.6) is 0 Å². The van der Waals surface area contributed by atoms with E-state index >= 15 is 0 Å². The molecule has 0 radical (unpaired) electrons. The average Bonchev–Trinajstić information content (AvgIpc) is 2.93. The maximum atomic E-state index is 12.6. The lowest BCUT2D eigenvalue weighted by Crippen LogP contribution is -2.53. The van der Waals surface area contributed by atoms with Crippen LogP contribution in [0, 0.1) is 5.92 Å². The molecule has 128 valence electrons. The van der Waals surface area contributed by atoms with Crippen molar-refractivity contribution in [3.63, 3.8) is 0 Å². The SMILES string of the molecule is CC1NN2C(=O)C=C(C3CCCCC3)NC2C1c1ccc(Cl)cc1. The topological polar surface area (TPSA) is 44.4 Å². The largest absolute Gasteiger partial charge is 0.366 e. The van der Waals surface area contributed by atoms with Crippen molar-refractivity contribution in [2.45, 2.75) is 57.2 Å². The van der Waals surface area contributed by atoms with Gasteiger partial charge in [-0.1, -0.05) is 43.0 Å². The van der Waals surface area contributed by atoms with Gasteiger partial charge in [0.05, 0.1) is 0 Å². The summed E-state index contributed by atoms with van der Waals surface area (Å²) in [6.07, 6.45) is 8.00. The molecule has 0 aromatic heterocycles. The first kappa shape index (κ1) is 16.0. The van der Waals surface area contributed by atoms with Crippen molar-refractivity contribution in [1.82, 2.24) is 15.8 Å². The molecule has 0 spiro atoms. The summed E-state index contributed by atoms with van der Waals surface area (Å²) < 4.78 is 0.